The zero-order valence-corrected chi connectivity index (χ0v) is 23.1. The van der Waals surface area contributed by atoms with Gasteiger partial charge in [-0.15, -0.1) is 0 Å². The number of rotatable bonds is 15. The molecular formula is C30H43N3O5. The number of ketones is 1. The third kappa shape index (κ3) is 8.36. The summed E-state index contributed by atoms with van der Waals surface area (Å²) in [4.78, 5) is 28.0. The average molecular weight is 526 g/mol. The fourth-order valence-corrected chi connectivity index (χ4v) is 4.76. The van der Waals surface area contributed by atoms with Gasteiger partial charge in [0.2, 0.25) is 0 Å². The summed E-state index contributed by atoms with van der Waals surface area (Å²) in [5.74, 6) is 0.975. The first-order valence-corrected chi connectivity index (χ1v) is 13.5. The summed E-state index contributed by atoms with van der Waals surface area (Å²) in [5, 5.41) is 17.0. The van der Waals surface area contributed by atoms with E-state index in [0.29, 0.717) is 37.4 Å². The van der Waals surface area contributed by atoms with Crippen LogP contribution < -0.4 is 15.4 Å². The number of carbonyl (C=O) groups is 2. The van der Waals surface area contributed by atoms with E-state index in [1.54, 1.807) is 19.2 Å². The predicted octanol–water partition coefficient (Wildman–Crippen LogP) is 2.99. The molecule has 0 saturated carbocycles. The van der Waals surface area contributed by atoms with Gasteiger partial charge in [-0.3, -0.25) is 9.59 Å². The van der Waals surface area contributed by atoms with E-state index in [1.807, 2.05) is 62.1 Å². The van der Waals surface area contributed by atoms with Gasteiger partial charge in [0, 0.05) is 44.8 Å². The van der Waals surface area contributed by atoms with Crippen LogP contribution in [0.5, 0.6) is 5.75 Å². The zero-order valence-electron chi connectivity index (χ0n) is 23.1. The summed E-state index contributed by atoms with van der Waals surface area (Å²) in [6, 6.07) is 14.7. The molecule has 8 nitrogen and oxygen atoms in total. The Hall–Kier alpha value is -2.78. The minimum Gasteiger partial charge on any atom is -0.493 e. The van der Waals surface area contributed by atoms with Crippen molar-refractivity contribution in [2.75, 3.05) is 53.0 Å². The summed E-state index contributed by atoms with van der Waals surface area (Å²) in [7, 11) is 1.67. The van der Waals surface area contributed by atoms with Crippen molar-refractivity contribution in [2.24, 2.45) is 11.8 Å². The highest BCUT2D eigenvalue weighted by atomic mass is 16.5. The molecule has 1 aliphatic rings. The van der Waals surface area contributed by atoms with Crippen LogP contribution in [0.15, 0.2) is 48.5 Å². The molecule has 0 radical (unpaired) electrons. The number of carbonyl (C=O) groups excluding carboxylic acids is 2. The molecule has 3 atom stereocenters. The van der Waals surface area contributed by atoms with Gasteiger partial charge in [-0.2, -0.15) is 0 Å². The molecule has 2 aromatic carbocycles. The third-order valence-electron chi connectivity index (χ3n) is 7.11. The SMILES string of the molecule is COCCCOc1cc(C(=O)N(C[C@@H]2CNC[C@H]2CNCC(=O)[C@@H](O)c2ccccc2)C(C)C)ccc1C. The number of nitrogens with zero attached hydrogens (tertiary/aromatic N) is 1. The molecule has 1 aliphatic heterocycles. The summed E-state index contributed by atoms with van der Waals surface area (Å²) in [6.07, 6.45) is -0.341. The molecule has 38 heavy (non-hydrogen) atoms. The highest BCUT2D eigenvalue weighted by Gasteiger charge is 2.31. The van der Waals surface area contributed by atoms with Crippen LogP contribution in [0.1, 0.15) is 47.9 Å². The molecule has 2 aromatic rings. The van der Waals surface area contributed by atoms with Gasteiger partial charge in [-0.25, -0.2) is 0 Å². The quantitative estimate of drug-likeness (QED) is 0.308. The Morgan fingerprint density at radius 2 is 1.84 bits per heavy atom. The lowest BCUT2D eigenvalue weighted by molar-refractivity contribution is -0.126. The number of Topliss-reactive ketones (excluding diaryl/α,β-unsaturated/α-hetero) is 1. The van der Waals surface area contributed by atoms with Gasteiger partial charge in [0.05, 0.1) is 13.2 Å². The van der Waals surface area contributed by atoms with Gasteiger partial charge in [0.25, 0.3) is 5.91 Å². The van der Waals surface area contributed by atoms with E-state index >= 15 is 0 Å². The summed E-state index contributed by atoms with van der Waals surface area (Å²) in [5.41, 5.74) is 2.21. The summed E-state index contributed by atoms with van der Waals surface area (Å²) < 4.78 is 11.0. The number of aryl methyl sites for hydroxylation is 1. The fourth-order valence-electron chi connectivity index (χ4n) is 4.76. The minimum absolute atomic E-state index is 0.0125. The van der Waals surface area contributed by atoms with Gasteiger partial charge >= 0.3 is 0 Å². The Labute approximate surface area is 226 Å². The van der Waals surface area contributed by atoms with Crippen molar-refractivity contribution in [1.29, 1.82) is 0 Å². The van der Waals surface area contributed by atoms with E-state index in [0.717, 1.165) is 30.8 Å². The molecule has 0 aliphatic carbocycles. The van der Waals surface area contributed by atoms with E-state index in [4.69, 9.17) is 9.47 Å². The van der Waals surface area contributed by atoms with Gasteiger partial charge in [-0.05, 0) is 69.0 Å². The summed E-state index contributed by atoms with van der Waals surface area (Å²) in [6.45, 7) is 10.2. The highest BCUT2D eigenvalue weighted by Crippen LogP contribution is 2.24. The van der Waals surface area contributed by atoms with E-state index in [2.05, 4.69) is 10.6 Å². The smallest absolute Gasteiger partial charge is 0.254 e. The minimum atomic E-state index is -1.13. The summed E-state index contributed by atoms with van der Waals surface area (Å²) >= 11 is 0. The van der Waals surface area contributed by atoms with Gasteiger partial charge in [0.15, 0.2) is 5.78 Å². The van der Waals surface area contributed by atoms with Crippen LogP contribution in [0.25, 0.3) is 0 Å². The van der Waals surface area contributed by atoms with Crippen molar-refractivity contribution >= 4 is 11.7 Å². The molecule has 208 valence electrons. The first-order chi connectivity index (χ1) is 18.3. The van der Waals surface area contributed by atoms with Crippen LogP contribution in [-0.4, -0.2) is 80.8 Å². The van der Waals surface area contributed by atoms with Crippen molar-refractivity contribution in [1.82, 2.24) is 15.5 Å². The number of ether oxygens (including phenoxy) is 2. The lowest BCUT2D eigenvalue weighted by Gasteiger charge is -2.32. The van der Waals surface area contributed by atoms with Crippen LogP contribution >= 0.6 is 0 Å². The van der Waals surface area contributed by atoms with Crippen LogP contribution in [0.4, 0.5) is 0 Å². The van der Waals surface area contributed by atoms with E-state index in [1.165, 1.54) is 0 Å². The number of hydrogen-bond donors (Lipinski definition) is 3. The Kier molecular flexibility index (Phi) is 11.7. The highest BCUT2D eigenvalue weighted by molar-refractivity contribution is 5.95. The molecular weight excluding hydrogens is 482 g/mol. The Balaban J connectivity index is 1.57. The van der Waals surface area contributed by atoms with Crippen molar-refractivity contribution < 1.29 is 24.2 Å². The Morgan fingerprint density at radius 3 is 2.55 bits per heavy atom. The second-order valence-electron chi connectivity index (χ2n) is 10.3. The van der Waals surface area contributed by atoms with Gasteiger partial charge < -0.3 is 30.1 Å². The number of aliphatic hydroxyl groups excluding tert-OH is 1. The van der Waals surface area contributed by atoms with Crippen molar-refractivity contribution in [3.63, 3.8) is 0 Å². The largest absolute Gasteiger partial charge is 0.493 e. The van der Waals surface area contributed by atoms with Crippen LogP contribution in [0.3, 0.4) is 0 Å². The van der Waals surface area contributed by atoms with E-state index in [-0.39, 0.29) is 36.1 Å². The Bertz CT molecular complexity index is 1030. The zero-order chi connectivity index (χ0) is 27.5. The Morgan fingerprint density at radius 1 is 1.11 bits per heavy atom. The molecule has 1 saturated heterocycles. The number of aliphatic hydroxyl groups is 1. The van der Waals surface area contributed by atoms with Gasteiger partial charge in [-0.1, -0.05) is 36.4 Å². The molecule has 0 aromatic heterocycles. The normalized spacial score (nSPS) is 17.9. The number of methoxy groups -OCH3 is 1. The van der Waals surface area contributed by atoms with Crippen LogP contribution in [0, 0.1) is 18.8 Å². The van der Waals surface area contributed by atoms with Crippen molar-refractivity contribution in [3.8, 4) is 5.75 Å². The van der Waals surface area contributed by atoms with Crippen LogP contribution in [-0.2, 0) is 9.53 Å². The standard InChI is InChI=1S/C30H43N3O5/c1-21(2)33(30(36)24-12-11-22(3)28(15-24)38-14-8-13-37-4)20-26-18-31-16-25(26)17-32-19-27(34)29(35)23-9-6-5-7-10-23/h5-7,9-12,15,21,25-26,29,31-32,35H,8,13-14,16-20H2,1-4H3/t25-,26-,29-/m0/s1. The predicted molar refractivity (Wildman–Crippen MR) is 148 cm³/mol. The third-order valence-corrected chi connectivity index (χ3v) is 7.11. The van der Waals surface area contributed by atoms with Crippen molar-refractivity contribution in [3.05, 3.63) is 65.2 Å². The molecule has 8 heteroatoms. The topological polar surface area (TPSA) is 100 Å². The maximum absolute atomic E-state index is 13.6. The number of nitrogens with one attached hydrogen (secondary N) is 2. The number of hydrogen-bond acceptors (Lipinski definition) is 7. The molecule has 1 amide bonds. The average Bonchev–Trinajstić information content (AvgIpc) is 3.37. The maximum Gasteiger partial charge on any atom is 0.254 e. The fraction of sp³-hybridized carbons (Fsp3) is 0.533. The lowest BCUT2D eigenvalue weighted by atomic mass is 9.94. The van der Waals surface area contributed by atoms with E-state index < -0.39 is 6.10 Å². The molecule has 0 unspecified atom stereocenters. The lowest BCUT2D eigenvalue weighted by Crippen LogP contribution is -2.43. The van der Waals surface area contributed by atoms with Crippen LogP contribution in [0.2, 0.25) is 0 Å². The molecule has 3 rings (SSSR count). The molecule has 1 fully saturated rings. The van der Waals surface area contributed by atoms with E-state index in [9.17, 15) is 14.7 Å². The molecule has 0 spiro atoms. The van der Waals surface area contributed by atoms with Crippen molar-refractivity contribution in [2.45, 2.75) is 39.3 Å². The monoisotopic (exact) mass is 525 g/mol. The molecule has 3 N–H and O–H groups in total. The first kappa shape index (κ1) is 29.8. The molecule has 0 bridgehead atoms. The maximum atomic E-state index is 13.6. The van der Waals surface area contributed by atoms with Gasteiger partial charge in [0.1, 0.15) is 11.9 Å². The molecule has 1 heterocycles. The second-order valence-corrected chi connectivity index (χ2v) is 10.3. The second kappa shape index (κ2) is 15.0. The number of benzene rings is 2. The number of amides is 1. The first-order valence-electron chi connectivity index (χ1n) is 13.5.